The first-order chi connectivity index (χ1) is 17.2. The van der Waals surface area contributed by atoms with Crippen LogP contribution in [0.5, 0.6) is 0 Å². The lowest BCUT2D eigenvalue weighted by atomic mass is 9.45. The molecule has 0 spiro atoms. The monoisotopic (exact) mass is 493 g/mol. The Kier molecular flexibility index (Phi) is 6.94. The third kappa shape index (κ3) is 4.47. The van der Waals surface area contributed by atoms with Crippen LogP contribution in [0.3, 0.4) is 0 Å². The smallest absolute Gasteiger partial charge is 0.240 e. The zero-order valence-electron chi connectivity index (χ0n) is 21.7. The summed E-state index contributed by atoms with van der Waals surface area (Å²) < 4.78 is 0. The quantitative estimate of drug-likeness (QED) is 0.547. The molecule has 1 aliphatic heterocycles. The number of fused-ring (bicyclic) bond motifs is 2. The summed E-state index contributed by atoms with van der Waals surface area (Å²) in [5, 5.41) is 25.6. The Labute approximate surface area is 213 Å². The first kappa shape index (κ1) is 25.3. The highest BCUT2D eigenvalue weighted by Gasteiger charge is 2.57. The highest BCUT2D eigenvalue weighted by atomic mass is 16.7. The van der Waals surface area contributed by atoms with Crippen molar-refractivity contribution in [3.05, 3.63) is 54.4 Å². The molecular weight excluding hydrogens is 454 g/mol. The van der Waals surface area contributed by atoms with Gasteiger partial charge in [-0.3, -0.25) is 14.6 Å². The van der Waals surface area contributed by atoms with Crippen LogP contribution in [0, 0.1) is 29.1 Å². The molecule has 3 aliphatic carbocycles. The average molecular weight is 494 g/mol. The second-order valence-electron chi connectivity index (χ2n) is 11.7. The fourth-order valence-corrected chi connectivity index (χ4v) is 7.05. The second-order valence-corrected chi connectivity index (χ2v) is 11.7. The van der Waals surface area contributed by atoms with E-state index < -0.39 is 24.2 Å². The van der Waals surface area contributed by atoms with Crippen molar-refractivity contribution in [3.63, 3.8) is 0 Å². The molecule has 3 N–H and O–H groups in total. The first-order valence-electron chi connectivity index (χ1n) is 13.2. The number of pyridine rings is 1. The van der Waals surface area contributed by atoms with Crippen molar-refractivity contribution < 1.29 is 19.8 Å². The number of amides is 1. The van der Waals surface area contributed by atoms with Crippen molar-refractivity contribution in [3.8, 4) is 11.1 Å². The number of rotatable bonds is 7. The fourth-order valence-electron chi connectivity index (χ4n) is 7.05. The van der Waals surface area contributed by atoms with E-state index in [4.69, 9.17) is 4.84 Å². The van der Waals surface area contributed by atoms with E-state index in [9.17, 15) is 15.0 Å². The zero-order valence-corrected chi connectivity index (χ0v) is 21.7. The largest absolute Gasteiger partial charge is 0.394 e. The zero-order chi connectivity index (χ0) is 25.6. The summed E-state index contributed by atoms with van der Waals surface area (Å²) in [5.74, 6) is 0.996. The Balaban J connectivity index is 1.36. The van der Waals surface area contributed by atoms with Gasteiger partial charge >= 0.3 is 0 Å². The predicted molar refractivity (Wildman–Crippen MR) is 137 cm³/mol. The third-order valence-electron chi connectivity index (χ3n) is 9.32. The van der Waals surface area contributed by atoms with Gasteiger partial charge in [-0.05, 0) is 71.8 Å². The number of nitrogens with zero attached hydrogens (tertiary/aromatic N) is 2. The molecule has 7 nitrogen and oxygen atoms in total. The maximum atomic E-state index is 13.8. The summed E-state index contributed by atoms with van der Waals surface area (Å²) in [6.07, 6.45) is 4.36. The molecule has 0 radical (unpaired) electrons. The molecule has 2 aromatic rings. The van der Waals surface area contributed by atoms with E-state index in [-0.39, 0.29) is 18.6 Å². The molecular formula is C29H39N3O4. The highest BCUT2D eigenvalue weighted by molar-refractivity contribution is 5.83. The Morgan fingerprint density at radius 3 is 2.67 bits per heavy atom. The number of carbonyl (C=O) groups excluding carboxylic acids is 1. The number of aliphatic hydroxyl groups excluding tert-OH is 2. The van der Waals surface area contributed by atoms with Crippen LogP contribution >= 0.6 is 0 Å². The van der Waals surface area contributed by atoms with E-state index in [0.717, 1.165) is 23.1 Å². The van der Waals surface area contributed by atoms with Gasteiger partial charge in [0.1, 0.15) is 12.1 Å². The molecule has 36 heavy (non-hydrogen) atoms. The average Bonchev–Trinajstić information content (AvgIpc) is 3.24. The van der Waals surface area contributed by atoms with Crippen LogP contribution in [0.4, 0.5) is 0 Å². The number of benzene rings is 1. The van der Waals surface area contributed by atoms with Crippen molar-refractivity contribution in [1.29, 1.82) is 0 Å². The number of aromatic nitrogens is 1. The predicted octanol–water partition coefficient (Wildman–Crippen LogP) is 3.41. The molecule has 1 aromatic carbocycles. The summed E-state index contributed by atoms with van der Waals surface area (Å²) >= 11 is 0. The third-order valence-corrected chi connectivity index (χ3v) is 9.32. The number of hydrogen-bond acceptors (Lipinski definition) is 6. The Morgan fingerprint density at radius 1 is 1.25 bits per heavy atom. The summed E-state index contributed by atoms with van der Waals surface area (Å²) in [7, 11) is 0. The highest BCUT2D eigenvalue weighted by Crippen LogP contribution is 2.61. The SMILES string of the molecule is CC1C(NC(=O)[C@@H]2[C@H]([C@H](C)O)C(CO)ON2Cc2cccc(-c3cccnc3)c2)C[C@H]2CC1C2(C)C. The van der Waals surface area contributed by atoms with Gasteiger partial charge < -0.3 is 15.5 Å². The summed E-state index contributed by atoms with van der Waals surface area (Å²) in [6, 6.07) is 11.4. The number of carbonyl (C=O) groups is 1. The van der Waals surface area contributed by atoms with Gasteiger partial charge in [-0.25, -0.2) is 0 Å². The van der Waals surface area contributed by atoms with Gasteiger partial charge in [0.2, 0.25) is 5.91 Å². The minimum Gasteiger partial charge on any atom is -0.394 e. The maximum absolute atomic E-state index is 13.8. The van der Waals surface area contributed by atoms with E-state index in [1.807, 2.05) is 36.5 Å². The molecule has 2 heterocycles. The van der Waals surface area contributed by atoms with Crippen LogP contribution in [0.1, 0.15) is 46.1 Å². The Bertz CT molecular complexity index is 1080. The van der Waals surface area contributed by atoms with Crippen LogP contribution < -0.4 is 5.32 Å². The minimum atomic E-state index is -0.805. The lowest BCUT2D eigenvalue weighted by Crippen LogP contribution is -2.62. The number of hydroxylamine groups is 2. The van der Waals surface area contributed by atoms with Gasteiger partial charge in [0.15, 0.2) is 0 Å². The molecule has 1 saturated heterocycles. The molecule has 1 amide bonds. The molecule has 3 saturated carbocycles. The van der Waals surface area contributed by atoms with Crippen molar-refractivity contribution in [2.24, 2.45) is 29.1 Å². The van der Waals surface area contributed by atoms with Gasteiger partial charge in [-0.2, -0.15) is 5.06 Å². The summed E-state index contributed by atoms with van der Waals surface area (Å²) in [4.78, 5) is 24.1. The normalized spacial score (nSPS) is 34.1. The lowest BCUT2D eigenvalue weighted by molar-refractivity contribution is -0.183. The minimum absolute atomic E-state index is 0.118. The number of nitrogens with one attached hydrogen (secondary N) is 1. The van der Waals surface area contributed by atoms with E-state index >= 15 is 0 Å². The van der Waals surface area contributed by atoms with Crippen molar-refractivity contribution in [2.45, 2.75) is 71.4 Å². The molecule has 6 rings (SSSR count). The van der Waals surface area contributed by atoms with Gasteiger partial charge in [0.05, 0.1) is 19.3 Å². The first-order valence-corrected chi connectivity index (χ1v) is 13.2. The van der Waals surface area contributed by atoms with E-state index in [0.29, 0.717) is 29.7 Å². The van der Waals surface area contributed by atoms with Gasteiger partial charge in [-0.1, -0.05) is 45.0 Å². The Hall–Kier alpha value is -2.32. The number of aliphatic hydroxyl groups is 2. The summed E-state index contributed by atoms with van der Waals surface area (Å²) in [5.41, 5.74) is 3.36. The molecule has 2 bridgehead atoms. The van der Waals surface area contributed by atoms with Crippen LogP contribution in [0.2, 0.25) is 0 Å². The molecule has 194 valence electrons. The molecule has 4 fully saturated rings. The molecule has 1 aromatic heterocycles. The Morgan fingerprint density at radius 2 is 2.03 bits per heavy atom. The second kappa shape index (κ2) is 9.86. The van der Waals surface area contributed by atoms with E-state index in [1.165, 1.54) is 6.42 Å². The maximum Gasteiger partial charge on any atom is 0.240 e. The van der Waals surface area contributed by atoms with E-state index in [2.05, 4.69) is 37.1 Å². The van der Waals surface area contributed by atoms with Crippen LogP contribution in [0.25, 0.3) is 11.1 Å². The van der Waals surface area contributed by atoms with Gasteiger partial charge in [0.25, 0.3) is 0 Å². The fraction of sp³-hybridized carbons (Fsp3) is 0.586. The standard InChI is InChI=1S/C29H39N3O4/c1-17-23-12-22(29(23,3)4)13-24(17)31-28(35)27-26(18(2)34)25(16-33)36-32(27)15-19-7-5-8-20(11-19)21-9-6-10-30-14-21/h5-11,14,17-18,22-27,33-34H,12-13,15-16H2,1-4H3,(H,31,35)/t17?,18-,22+,23?,24?,25?,26+,27-/m0/s1. The molecule has 4 aliphatic rings. The molecule has 7 heteroatoms. The van der Waals surface area contributed by atoms with Crippen LogP contribution in [-0.2, 0) is 16.2 Å². The van der Waals surface area contributed by atoms with Crippen LogP contribution in [-0.4, -0.2) is 57.1 Å². The van der Waals surface area contributed by atoms with Crippen molar-refractivity contribution in [2.75, 3.05) is 6.61 Å². The number of hydrogen-bond donors (Lipinski definition) is 3. The van der Waals surface area contributed by atoms with Gasteiger partial charge in [-0.15, -0.1) is 0 Å². The molecule has 4 unspecified atom stereocenters. The topological polar surface area (TPSA) is 94.9 Å². The van der Waals surface area contributed by atoms with Gasteiger partial charge in [0, 0.05) is 24.4 Å². The lowest BCUT2D eigenvalue weighted by Gasteiger charge is -2.62. The van der Waals surface area contributed by atoms with Crippen LogP contribution in [0.15, 0.2) is 48.8 Å². The van der Waals surface area contributed by atoms with Crippen molar-refractivity contribution >= 4 is 5.91 Å². The van der Waals surface area contributed by atoms with Crippen molar-refractivity contribution in [1.82, 2.24) is 15.4 Å². The molecule has 8 atom stereocenters. The summed E-state index contributed by atoms with van der Waals surface area (Å²) in [6.45, 7) is 8.73. The van der Waals surface area contributed by atoms with E-state index in [1.54, 1.807) is 18.2 Å².